The van der Waals surface area contributed by atoms with Gasteiger partial charge in [-0.2, -0.15) is 0 Å². The van der Waals surface area contributed by atoms with Crippen LogP contribution in [0.2, 0.25) is 0 Å². The van der Waals surface area contributed by atoms with E-state index in [2.05, 4.69) is 385 Å². The molecule has 9 heteroatoms. The third-order valence-electron chi connectivity index (χ3n) is 14.3. The van der Waals surface area contributed by atoms with E-state index >= 15 is 0 Å². The molecule has 0 bridgehead atoms. The van der Waals surface area contributed by atoms with Crippen molar-refractivity contribution in [2.45, 2.75) is 221 Å². The van der Waals surface area contributed by atoms with E-state index in [-0.39, 0.29) is 52.1 Å². The fraction of sp³-hybridized carbons (Fsp3) is 0.405. The molecular formula is C84H114O4P4Pd. The fourth-order valence-corrected chi connectivity index (χ4v) is 29.6. The van der Waals surface area contributed by atoms with Crippen molar-refractivity contribution < 1.29 is 40.2 Å². The topological polar surface area (TPSA) is 80.3 Å². The van der Waals surface area contributed by atoms with Crippen LogP contribution < -0.4 is 31.4 Å². The van der Waals surface area contributed by atoms with Crippen molar-refractivity contribution in [1.29, 1.82) is 0 Å². The molecule has 93 heavy (non-hydrogen) atoms. The molecule has 0 saturated heterocycles. The van der Waals surface area contributed by atoms with Gasteiger partial charge in [-0.3, -0.25) is 0 Å². The van der Waals surface area contributed by atoms with Crippen molar-refractivity contribution in [2.24, 2.45) is 0 Å². The molecular weight excluding hydrogens is 1300 g/mol. The Hall–Kier alpha value is -4.92. The Morgan fingerprint density at radius 1 is 0.226 bits per heavy atom. The van der Waals surface area contributed by atoms with Gasteiger partial charge in [0.05, 0.1) is 0 Å². The molecule has 0 saturated carbocycles. The van der Waals surface area contributed by atoms with Crippen LogP contribution in [-0.2, 0) is 30.0 Å². The summed E-state index contributed by atoms with van der Waals surface area (Å²) in [5.74, 6) is -2.17. The van der Waals surface area contributed by atoms with Crippen molar-refractivity contribution >= 4 is 64.8 Å². The van der Waals surface area contributed by atoms with E-state index in [0.29, 0.717) is 41.2 Å². The fourth-order valence-electron chi connectivity index (χ4n) is 13.0. The van der Waals surface area contributed by atoms with Crippen LogP contribution in [0.25, 0.3) is 44.5 Å². The van der Waals surface area contributed by atoms with Gasteiger partial charge < -0.3 is 19.8 Å². The Morgan fingerprint density at radius 2 is 0.333 bits per heavy atom. The average molecular weight is 1420 g/mol. The largest absolute Gasteiger partial charge is 2.00 e. The molecule has 0 unspecified atom stereocenters. The maximum absolute atomic E-state index is 8.89. The van der Waals surface area contributed by atoms with Gasteiger partial charge in [-0.05, 0) is 121 Å². The molecule has 0 spiro atoms. The molecule has 0 aromatic heterocycles. The minimum absolute atomic E-state index is 0. The zero-order valence-corrected chi connectivity index (χ0v) is 66.7. The van der Waals surface area contributed by atoms with Crippen molar-refractivity contribution in [2.75, 3.05) is 0 Å². The first-order valence-electron chi connectivity index (χ1n) is 32.5. The number of hydrogen-bond donors (Lipinski definition) is 0. The van der Waals surface area contributed by atoms with Gasteiger partial charge in [-0.1, -0.05) is 416 Å². The summed E-state index contributed by atoms with van der Waals surface area (Å²) in [5, 5.41) is 26.2. The average Bonchev–Trinajstić information content (AvgIpc) is 0.807. The normalized spacial score (nSPS) is 12.0. The van der Waals surface area contributed by atoms with E-state index < -0.39 is 11.9 Å². The standard InChI is InChI=1S/4C20H27P.2C2H4O2.Pd/c4*1-19(2,3)21(20(4,5)6)18-15-11-10-14-17(18)16-12-8-7-9-13-16;2*1-2(3)4;/h4*7-15H,1-6H3;2*1H3,(H,3,4);/q;;;;;;+2/p-2. The minimum atomic E-state index is -1.08. The van der Waals surface area contributed by atoms with Gasteiger partial charge in [0.1, 0.15) is 0 Å². The number of aliphatic carboxylic acids is 2. The Morgan fingerprint density at radius 3 is 0.452 bits per heavy atom. The molecule has 0 atom stereocenters. The van der Waals surface area contributed by atoms with Gasteiger partial charge in [0, 0.05) is 11.9 Å². The number of carbonyl (C=O) groups is 2. The summed E-state index contributed by atoms with van der Waals surface area (Å²) in [6, 6.07) is 79.0. The summed E-state index contributed by atoms with van der Waals surface area (Å²) >= 11 is 0. The van der Waals surface area contributed by atoms with Gasteiger partial charge in [0.25, 0.3) is 0 Å². The van der Waals surface area contributed by atoms with Crippen molar-refractivity contribution in [3.8, 4) is 44.5 Å². The second-order valence-corrected chi connectivity index (χ2v) is 46.6. The molecule has 0 fully saturated rings. The number of carbonyl (C=O) groups excluding carboxylic acids is 2. The van der Waals surface area contributed by atoms with Crippen LogP contribution in [0.15, 0.2) is 218 Å². The van der Waals surface area contributed by atoms with Gasteiger partial charge in [0.2, 0.25) is 0 Å². The molecule has 0 radical (unpaired) electrons. The summed E-state index contributed by atoms with van der Waals surface area (Å²) < 4.78 is 0. The molecule has 0 aliphatic carbocycles. The predicted octanol–water partition coefficient (Wildman–Crippen LogP) is 21.7. The first kappa shape index (κ1) is 84.2. The summed E-state index contributed by atoms with van der Waals surface area (Å²) in [6.45, 7) is 59.1. The van der Waals surface area contributed by atoms with E-state index in [9.17, 15) is 0 Å². The first-order valence-corrected chi connectivity index (χ1v) is 37.8. The van der Waals surface area contributed by atoms with Gasteiger partial charge in [-0.25, -0.2) is 0 Å². The number of rotatable bonds is 8. The molecule has 0 heterocycles. The van der Waals surface area contributed by atoms with Crippen molar-refractivity contribution in [3.05, 3.63) is 218 Å². The third-order valence-corrected chi connectivity index (χ3v) is 28.5. The van der Waals surface area contributed by atoms with Crippen LogP contribution >= 0.6 is 31.7 Å². The van der Waals surface area contributed by atoms with E-state index in [0.717, 1.165) is 13.8 Å². The second-order valence-electron chi connectivity index (χ2n) is 31.2. The summed E-state index contributed by atoms with van der Waals surface area (Å²) in [5.41, 5.74) is 10.9. The molecule has 8 rings (SSSR count). The Balaban J connectivity index is 0.000000404. The zero-order chi connectivity index (χ0) is 69.8. The quantitative estimate of drug-likeness (QED) is 0.112. The van der Waals surface area contributed by atoms with Gasteiger partial charge in [0.15, 0.2) is 0 Å². The summed E-state index contributed by atoms with van der Waals surface area (Å²) in [4.78, 5) is 17.8. The van der Waals surface area contributed by atoms with Crippen molar-refractivity contribution in [3.63, 3.8) is 0 Å². The number of benzene rings is 8. The monoisotopic (exact) mass is 1420 g/mol. The summed E-state index contributed by atoms with van der Waals surface area (Å²) in [6.07, 6.45) is 0. The first-order chi connectivity index (χ1) is 42.3. The molecule has 0 aliphatic heterocycles. The smallest absolute Gasteiger partial charge is 0.550 e. The maximum Gasteiger partial charge on any atom is 2.00 e. The summed E-state index contributed by atoms with van der Waals surface area (Å²) in [7, 11) is -1.13. The van der Waals surface area contributed by atoms with Gasteiger partial charge in [-0.15, -0.1) is 0 Å². The van der Waals surface area contributed by atoms with Crippen LogP contribution in [0.1, 0.15) is 180 Å². The Labute approximate surface area is 585 Å². The van der Waals surface area contributed by atoms with Crippen LogP contribution in [-0.4, -0.2) is 53.2 Å². The molecule has 0 amide bonds. The Kier molecular flexibility index (Phi) is 33.0. The van der Waals surface area contributed by atoms with Crippen LogP contribution in [0, 0.1) is 0 Å². The van der Waals surface area contributed by atoms with E-state index in [4.69, 9.17) is 19.8 Å². The van der Waals surface area contributed by atoms with Gasteiger partial charge >= 0.3 is 20.4 Å². The third kappa shape index (κ3) is 27.6. The number of carboxylic acid groups (broad SMARTS) is 2. The van der Waals surface area contributed by atoms with Crippen LogP contribution in [0.4, 0.5) is 0 Å². The minimum Gasteiger partial charge on any atom is -0.550 e. The van der Waals surface area contributed by atoms with Crippen LogP contribution in [0.3, 0.4) is 0 Å². The molecule has 0 aliphatic rings. The SMILES string of the molecule is CC(=O)[O-].CC(=O)[O-].CC(C)(C)P(c1ccccc1-c1ccccc1)C(C)(C)C.CC(C)(C)P(c1ccccc1-c1ccccc1)C(C)(C)C.CC(C)(C)P(c1ccccc1-c1ccccc1)C(C)(C)C.CC(C)(C)P(c1ccccc1-c1ccccc1)C(C)(C)C.[Pd+2]. The molecule has 8 aromatic carbocycles. The van der Waals surface area contributed by atoms with E-state index in [1.165, 1.54) is 65.7 Å². The van der Waals surface area contributed by atoms with Crippen molar-refractivity contribution in [1.82, 2.24) is 0 Å². The second kappa shape index (κ2) is 36.4. The zero-order valence-electron chi connectivity index (χ0n) is 61.5. The maximum atomic E-state index is 8.89. The van der Waals surface area contributed by atoms with E-state index in [1.807, 2.05) is 0 Å². The molecule has 0 N–H and O–H groups in total. The molecule has 8 aromatic rings. The number of hydrogen-bond acceptors (Lipinski definition) is 4. The Bertz CT molecular complexity index is 2960. The van der Waals surface area contributed by atoms with E-state index in [1.54, 1.807) is 0 Å². The van der Waals surface area contributed by atoms with Crippen LogP contribution in [0.5, 0.6) is 0 Å². The molecule has 4 nitrogen and oxygen atoms in total. The predicted molar refractivity (Wildman–Crippen MR) is 413 cm³/mol. The number of carboxylic acids is 2. The molecule has 504 valence electrons.